The molecule has 1 saturated carbocycles. The molecule has 4 rings (SSSR count). The maximum atomic E-state index is 13.0. The van der Waals surface area contributed by atoms with Crippen molar-refractivity contribution in [3.63, 3.8) is 0 Å². The average molecular weight is 402 g/mol. The fourth-order valence-electron chi connectivity index (χ4n) is 4.52. The summed E-state index contributed by atoms with van der Waals surface area (Å²) in [6.07, 6.45) is 5.45. The molecule has 1 spiro atoms. The van der Waals surface area contributed by atoms with Crippen LogP contribution in [0.25, 0.3) is 0 Å². The van der Waals surface area contributed by atoms with Gasteiger partial charge < -0.3 is 24.4 Å². The van der Waals surface area contributed by atoms with Crippen LogP contribution in [0.1, 0.15) is 50.5 Å². The van der Waals surface area contributed by atoms with Gasteiger partial charge in [-0.05, 0) is 18.4 Å². The second-order valence-electron chi connectivity index (χ2n) is 8.23. The van der Waals surface area contributed by atoms with Gasteiger partial charge in [-0.1, -0.05) is 49.6 Å². The van der Waals surface area contributed by atoms with Crippen molar-refractivity contribution in [3.8, 4) is 0 Å². The fraction of sp³-hybridized carbons (Fsp3) is 0.636. The molecule has 2 saturated heterocycles. The van der Waals surface area contributed by atoms with Crippen molar-refractivity contribution in [2.75, 3.05) is 26.3 Å². The first kappa shape index (κ1) is 20.2. The quantitative estimate of drug-likeness (QED) is 0.784. The highest BCUT2D eigenvalue weighted by atomic mass is 16.7. The van der Waals surface area contributed by atoms with Gasteiger partial charge in [0.05, 0.1) is 13.2 Å². The third-order valence-corrected chi connectivity index (χ3v) is 6.28. The van der Waals surface area contributed by atoms with E-state index in [-0.39, 0.29) is 18.6 Å². The van der Waals surface area contributed by atoms with Crippen molar-refractivity contribution in [2.45, 2.75) is 62.9 Å². The zero-order valence-electron chi connectivity index (χ0n) is 16.9. The van der Waals surface area contributed by atoms with E-state index in [9.17, 15) is 9.59 Å². The van der Waals surface area contributed by atoms with E-state index in [1.807, 2.05) is 30.3 Å². The lowest BCUT2D eigenvalue weighted by Crippen LogP contribution is -2.60. The Hall–Kier alpha value is -2.12. The SMILES string of the molecule is O=C(NC1(C(=O)OCc2ccccc2)CCCCC1)N1CCC2(CC1)OCCO2. The molecule has 1 aromatic carbocycles. The average Bonchev–Trinajstić information content (AvgIpc) is 3.21. The molecule has 3 aliphatic rings. The van der Waals surface area contributed by atoms with Gasteiger partial charge in [0.2, 0.25) is 0 Å². The Morgan fingerprint density at radius 2 is 1.62 bits per heavy atom. The van der Waals surface area contributed by atoms with Crippen LogP contribution in [0.3, 0.4) is 0 Å². The molecule has 0 unspecified atom stereocenters. The molecule has 0 aromatic heterocycles. The lowest BCUT2D eigenvalue weighted by Gasteiger charge is -2.41. The van der Waals surface area contributed by atoms with Crippen LogP contribution in [0.4, 0.5) is 4.79 Å². The van der Waals surface area contributed by atoms with Crippen molar-refractivity contribution in [3.05, 3.63) is 35.9 Å². The Balaban J connectivity index is 1.37. The van der Waals surface area contributed by atoms with E-state index in [1.54, 1.807) is 4.90 Å². The number of carbonyl (C=O) groups excluding carboxylic acids is 2. The van der Waals surface area contributed by atoms with Crippen molar-refractivity contribution < 1.29 is 23.8 Å². The third kappa shape index (κ3) is 4.56. The summed E-state index contributed by atoms with van der Waals surface area (Å²) in [5, 5.41) is 3.05. The standard InChI is InChI=1S/C22H30N2O5/c25-19(27-17-18-7-3-1-4-8-18)21(9-5-2-6-10-21)23-20(26)24-13-11-22(12-14-24)28-15-16-29-22/h1,3-4,7-8H,2,5-6,9-17H2,(H,23,26). The molecule has 2 aliphatic heterocycles. The topological polar surface area (TPSA) is 77.1 Å². The van der Waals surface area contributed by atoms with Crippen LogP contribution in [0.2, 0.25) is 0 Å². The Morgan fingerprint density at radius 3 is 2.28 bits per heavy atom. The number of piperidine rings is 1. The summed E-state index contributed by atoms with van der Waals surface area (Å²) in [6.45, 7) is 2.56. The molecule has 3 fully saturated rings. The summed E-state index contributed by atoms with van der Waals surface area (Å²) in [5.41, 5.74) is 0.00982. The highest BCUT2D eigenvalue weighted by Crippen LogP contribution is 2.33. The Labute approximate surface area is 171 Å². The predicted molar refractivity (Wildman–Crippen MR) is 106 cm³/mol. The minimum Gasteiger partial charge on any atom is -0.459 e. The smallest absolute Gasteiger partial charge is 0.332 e. The number of amides is 2. The van der Waals surface area contributed by atoms with Gasteiger partial charge >= 0.3 is 12.0 Å². The minimum atomic E-state index is -0.931. The minimum absolute atomic E-state index is 0.198. The third-order valence-electron chi connectivity index (χ3n) is 6.28. The second kappa shape index (κ2) is 8.71. The first-order valence-electron chi connectivity index (χ1n) is 10.7. The molecule has 1 N–H and O–H groups in total. The van der Waals surface area contributed by atoms with E-state index >= 15 is 0 Å². The highest BCUT2D eigenvalue weighted by Gasteiger charge is 2.45. The van der Waals surface area contributed by atoms with Crippen LogP contribution in [-0.2, 0) is 25.6 Å². The van der Waals surface area contributed by atoms with Crippen LogP contribution < -0.4 is 5.32 Å². The number of likely N-dealkylation sites (tertiary alicyclic amines) is 1. The number of nitrogens with one attached hydrogen (secondary N) is 1. The summed E-state index contributed by atoms with van der Waals surface area (Å²) < 4.78 is 17.1. The summed E-state index contributed by atoms with van der Waals surface area (Å²) >= 11 is 0. The Kier molecular flexibility index (Phi) is 6.06. The van der Waals surface area contributed by atoms with Gasteiger partial charge in [0.15, 0.2) is 5.79 Å². The lowest BCUT2D eigenvalue weighted by atomic mass is 9.81. The van der Waals surface area contributed by atoms with Crippen molar-refractivity contribution >= 4 is 12.0 Å². The summed E-state index contributed by atoms with van der Waals surface area (Å²) in [7, 11) is 0. The van der Waals surface area contributed by atoms with Crippen LogP contribution in [0.5, 0.6) is 0 Å². The van der Waals surface area contributed by atoms with E-state index in [1.165, 1.54) is 0 Å². The monoisotopic (exact) mass is 402 g/mol. The molecule has 29 heavy (non-hydrogen) atoms. The van der Waals surface area contributed by atoms with Gasteiger partial charge in [-0.3, -0.25) is 0 Å². The number of carbonyl (C=O) groups is 2. The number of nitrogens with zero attached hydrogens (tertiary/aromatic N) is 1. The molecular formula is C22H30N2O5. The highest BCUT2D eigenvalue weighted by molar-refractivity contribution is 5.87. The normalized spacial score (nSPS) is 23.0. The Morgan fingerprint density at radius 1 is 0.966 bits per heavy atom. The molecule has 7 nitrogen and oxygen atoms in total. The molecule has 0 radical (unpaired) electrons. The summed E-state index contributed by atoms with van der Waals surface area (Å²) in [5.74, 6) is -0.848. The van der Waals surface area contributed by atoms with Crippen LogP contribution >= 0.6 is 0 Å². The molecule has 1 aliphatic carbocycles. The molecule has 1 aromatic rings. The van der Waals surface area contributed by atoms with Crippen LogP contribution in [-0.4, -0.2) is 54.5 Å². The van der Waals surface area contributed by atoms with Gasteiger partial charge in [-0.2, -0.15) is 0 Å². The molecule has 0 bridgehead atoms. The number of rotatable bonds is 4. The summed E-state index contributed by atoms with van der Waals surface area (Å²) in [4.78, 5) is 27.8. The van der Waals surface area contributed by atoms with Crippen LogP contribution in [0, 0.1) is 0 Å². The number of hydrogen-bond acceptors (Lipinski definition) is 5. The Bertz CT molecular complexity index is 701. The van der Waals surface area contributed by atoms with E-state index in [0.29, 0.717) is 52.0 Å². The maximum absolute atomic E-state index is 13.0. The molecule has 2 amide bonds. The lowest BCUT2D eigenvalue weighted by molar-refractivity contribution is -0.181. The van der Waals surface area contributed by atoms with Gasteiger partial charge in [0.25, 0.3) is 0 Å². The van der Waals surface area contributed by atoms with Crippen LogP contribution in [0.15, 0.2) is 30.3 Å². The van der Waals surface area contributed by atoms with E-state index in [0.717, 1.165) is 24.8 Å². The number of hydrogen-bond donors (Lipinski definition) is 1. The van der Waals surface area contributed by atoms with E-state index < -0.39 is 11.3 Å². The van der Waals surface area contributed by atoms with Crippen molar-refractivity contribution in [1.82, 2.24) is 10.2 Å². The maximum Gasteiger partial charge on any atom is 0.332 e. The van der Waals surface area contributed by atoms with E-state index in [4.69, 9.17) is 14.2 Å². The zero-order valence-corrected chi connectivity index (χ0v) is 16.9. The first-order valence-corrected chi connectivity index (χ1v) is 10.7. The van der Waals surface area contributed by atoms with Gasteiger partial charge in [0, 0.05) is 25.9 Å². The van der Waals surface area contributed by atoms with Crippen molar-refractivity contribution in [2.24, 2.45) is 0 Å². The number of esters is 1. The fourth-order valence-corrected chi connectivity index (χ4v) is 4.52. The van der Waals surface area contributed by atoms with Crippen molar-refractivity contribution in [1.29, 1.82) is 0 Å². The van der Waals surface area contributed by atoms with E-state index in [2.05, 4.69) is 5.32 Å². The second-order valence-corrected chi connectivity index (χ2v) is 8.23. The number of benzene rings is 1. The number of ether oxygens (including phenoxy) is 3. The molecule has 7 heteroatoms. The molecule has 2 heterocycles. The largest absolute Gasteiger partial charge is 0.459 e. The zero-order chi connectivity index (χ0) is 20.2. The molecule has 0 atom stereocenters. The summed E-state index contributed by atoms with van der Waals surface area (Å²) in [6, 6.07) is 9.42. The van der Waals surface area contributed by atoms with Gasteiger partial charge in [0.1, 0.15) is 12.1 Å². The predicted octanol–water partition coefficient (Wildman–Crippen LogP) is 2.98. The molecule has 158 valence electrons. The molecular weight excluding hydrogens is 372 g/mol. The van der Waals surface area contributed by atoms with Gasteiger partial charge in [-0.15, -0.1) is 0 Å². The number of urea groups is 1. The van der Waals surface area contributed by atoms with Gasteiger partial charge in [-0.25, -0.2) is 9.59 Å². The first-order chi connectivity index (χ1) is 14.1.